The highest BCUT2D eigenvalue weighted by Crippen LogP contribution is 2.19. The fourth-order valence-corrected chi connectivity index (χ4v) is 2.25. The molecule has 0 bridgehead atoms. The third-order valence-corrected chi connectivity index (χ3v) is 3.46. The molecule has 3 heteroatoms. The summed E-state index contributed by atoms with van der Waals surface area (Å²) in [5.74, 6) is 0.744. The van der Waals surface area contributed by atoms with Crippen LogP contribution in [0.3, 0.4) is 0 Å². The number of benzene rings is 2. The van der Waals surface area contributed by atoms with Crippen molar-refractivity contribution in [2.75, 3.05) is 0 Å². The van der Waals surface area contributed by atoms with Gasteiger partial charge >= 0.3 is 0 Å². The summed E-state index contributed by atoms with van der Waals surface area (Å²) in [6, 6.07) is 17.8. The lowest BCUT2D eigenvalue weighted by Crippen LogP contribution is -1.94. The lowest BCUT2D eigenvalue weighted by molar-refractivity contribution is 1.08. The molecule has 0 unspecified atom stereocenters. The molecule has 0 spiro atoms. The van der Waals surface area contributed by atoms with E-state index in [0.29, 0.717) is 0 Å². The molecule has 0 fully saturated rings. The van der Waals surface area contributed by atoms with Gasteiger partial charge in [-0.25, -0.2) is 9.97 Å². The van der Waals surface area contributed by atoms with E-state index in [1.54, 1.807) is 0 Å². The van der Waals surface area contributed by atoms with Gasteiger partial charge in [0.15, 0.2) is 5.82 Å². The molecule has 1 heterocycles. The normalized spacial score (nSPS) is 10.4. The Labute approximate surface area is 123 Å². The third-order valence-electron chi connectivity index (χ3n) is 3.09. The molecule has 1 aromatic heterocycles. The molecular formula is C17H13ClN2. The van der Waals surface area contributed by atoms with Crippen molar-refractivity contribution < 1.29 is 0 Å². The number of rotatable bonds is 3. The molecule has 3 aromatic rings. The van der Waals surface area contributed by atoms with Crippen LogP contribution in [0.25, 0.3) is 11.4 Å². The lowest BCUT2D eigenvalue weighted by atomic mass is 10.1. The van der Waals surface area contributed by atoms with E-state index >= 15 is 0 Å². The number of hydrogen-bond donors (Lipinski definition) is 0. The Hall–Kier alpha value is -2.19. The minimum atomic E-state index is 0.744. The van der Waals surface area contributed by atoms with E-state index in [9.17, 15) is 0 Å². The van der Waals surface area contributed by atoms with Crippen LogP contribution >= 0.6 is 11.6 Å². The first-order chi connectivity index (χ1) is 9.83. The molecular weight excluding hydrogens is 268 g/mol. The van der Waals surface area contributed by atoms with Crippen molar-refractivity contribution in [2.45, 2.75) is 6.42 Å². The maximum atomic E-state index is 6.16. The average molecular weight is 281 g/mol. The van der Waals surface area contributed by atoms with E-state index in [4.69, 9.17) is 11.6 Å². The van der Waals surface area contributed by atoms with Gasteiger partial charge in [0.2, 0.25) is 0 Å². The number of aromatic nitrogens is 2. The summed E-state index contributed by atoms with van der Waals surface area (Å²) in [4.78, 5) is 8.84. The van der Waals surface area contributed by atoms with Crippen LogP contribution in [0.15, 0.2) is 67.0 Å². The Balaban J connectivity index is 1.82. The van der Waals surface area contributed by atoms with E-state index in [0.717, 1.165) is 34.0 Å². The number of halogens is 1. The van der Waals surface area contributed by atoms with Crippen molar-refractivity contribution in [1.82, 2.24) is 9.97 Å². The minimum Gasteiger partial charge on any atom is -0.236 e. The Morgan fingerprint density at radius 1 is 0.800 bits per heavy atom. The first-order valence-electron chi connectivity index (χ1n) is 6.43. The zero-order chi connectivity index (χ0) is 13.8. The zero-order valence-electron chi connectivity index (χ0n) is 10.8. The van der Waals surface area contributed by atoms with Crippen LogP contribution in [0.5, 0.6) is 0 Å². The Bertz CT molecular complexity index is 694. The highest BCUT2D eigenvalue weighted by molar-refractivity contribution is 6.31. The van der Waals surface area contributed by atoms with E-state index in [1.165, 1.54) is 0 Å². The molecule has 3 rings (SSSR count). The molecule has 0 saturated heterocycles. The van der Waals surface area contributed by atoms with Crippen LogP contribution in [0.2, 0.25) is 5.02 Å². The Morgan fingerprint density at radius 3 is 2.15 bits per heavy atom. The van der Waals surface area contributed by atoms with Crippen LogP contribution in [0.4, 0.5) is 0 Å². The Morgan fingerprint density at radius 2 is 1.45 bits per heavy atom. The molecule has 0 radical (unpaired) electrons. The largest absolute Gasteiger partial charge is 0.236 e. The average Bonchev–Trinajstić information content (AvgIpc) is 2.51. The topological polar surface area (TPSA) is 25.8 Å². The summed E-state index contributed by atoms with van der Waals surface area (Å²) in [6.45, 7) is 0. The van der Waals surface area contributed by atoms with Gasteiger partial charge in [-0.1, -0.05) is 60.1 Å². The van der Waals surface area contributed by atoms with Crippen LogP contribution in [-0.4, -0.2) is 9.97 Å². The zero-order valence-corrected chi connectivity index (χ0v) is 11.6. The first kappa shape index (κ1) is 12.8. The standard InChI is InChI=1S/C17H13ClN2/c18-16-9-5-4-8-15(16)10-13-11-19-17(20-12-13)14-6-2-1-3-7-14/h1-9,11-12H,10H2. The van der Waals surface area contributed by atoms with E-state index in [1.807, 2.05) is 67.0 Å². The van der Waals surface area contributed by atoms with Crippen molar-refractivity contribution in [1.29, 1.82) is 0 Å². The van der Waals surface area contributed by atoms with E-state index in [2.05, 4.69) is 9.97 Å². The van der Waals surface area contributed by atoms with Crippen molar-refractivity contribution in [2.24, 2.45) is 0 Å². The molecule has 2 nitrogen and oxygen atoms in total. The summed E-state index contributed by atoms with van der Waals surface area (Å²) in [6.07, 6.45) is 4.46. The van der Waals surface area contributed by atoms with Crippen molar-refractivity contribution in [3.05, 3.63) is 83.1 Å². The van der Waals surface area contributed by atoms with Crippen molar-refractivity contribution >= 4 is 11.6 Å². The highest BCUT2D eigenvalue weighted by atomic mass is 35.5. The summed E-state index contributed by atoms with van der Waals surface area (Å²) >= 11 is 6.16. The smallest absolute Gasteiger partial charge is 0.159 e. The molecule has 0 atom stereocenters. The second-order valence-electron chi connectivity index (χ2n) is 4.55. The van der Waals surface area contributed by atoms with Gasteiger partial charge in [-0.15, -0.1) is 0 Å². The minimum absolute atomic E-state index is 0.744. The quantitative estimate of drug-likeness (QED) is 0.711. The van der Waals surface area contributed by atoms with Crippen molar-refractivity contribution in [3.8, 4) is 11.4 Å². The van der Waals surface area contributed by atoms with E-state index in [-0.39, 0.29) is 0 Å². The maximum Gasteiger partial charge on any atom is 0.159 e. The Kier molecular flexibility index (Phi) is 3.75. The highest BCUT2D eigenvalue weighted by Gasteiger charge is 2.03. The predicted octanol–water partition coefficient (Wildman–Crippen LogP) is 4.39. The van der Waals surface area contributed by atoms with Crippen molar-refractivity contribution in [3.63, 3.8) is 0 Å². The van der Waals surface area contributed by atoms with Gasteiger partial charge in [-0.2, -0.15) is 0 Å². The maximum absolute atomic E-state index is 6.16. The van der Waals surface area contributed by atoms with Gasteiger partial charge in [0.25, 0.3) is 0 Å². The molecule has 98 valence electrons. The van der Waals surface area contributed by atoms with Crippen LogP contribution in [0, 0.1) is 0 Å². The van der Waals surface area contributed by atoms with Gasteiger partial charge in [0.05, 0.1) is 0 Å². The van der Waals surface area contributed by atoms with Gasteiger partial charge < -0.3 is 0 Å². The molecule has 0 aliphatic heterocycles. The second kappa shape index (κ2) is 5.85. The second-order valence-corrected chi connectivity index (χ2v) is 4.96. The van der Waals surface area contributed by atoms with Crippen LogP contribution in [-0.2, 0) is 6.42 Å². The molecule has 0 amide bonds. The number of hydrogen-bond acceptors (Lipinski definition) is 2. The fraction of sp³-hybridized carbons (Fsp3) is 0.0588. The predicted molar refractivity (Wildman–Crippen MR) is 81.7 cm³/mol. The SMILES string of the molecule is Clc1ccccc1Cc1cnc(-c2ccccc2)nc1. The van der Waals surface area contributed by atoms with Gasteiger partial charge in [0, 0.05) is 29.4 Å². The first-order valence-corrected chi connectivity index (χ1v) is 6.80. The van der Waals surface area contributed by atoms with Crippen LogP contribution in [0.1, 0.15) is 11.1 Å². The summed E-state index contributed by atoms with van der Waals surface area (Å²) in [5, 5.41) is 0.777. The van der Waals surface area contributed by atoms with Gasteiger partial charge in [-0.05, 0) is 17.2 Å². The van der Waals surface area contributed by atoms with Gasteiger partial charge in [-0.3, -0.25) is 0 Å². The number of nitrogens with zero attached hydrogens (tertiary/aromatic N) is 2. The molecule has 2 aromatic carbocycles. The summed E-state index contributed by atoms with van der Waals surface area (Å²) in [5.41, 5.74) is 3.17. The molecule has 0 saturated carbocycles. The molecule has 0 aliphatic rings. The third kappa shape index (κ3) is 2.86. The lowest BCUT2D eigenvalue weighted by Gasteiger charge is -2.05. The molecule has 0 N–H and O–H groups in total. The summed E-state index contributed by atoms with van der Waals surface area (Å²) < 4.78 is 0. The van der Waals surface area contributed by atoms with Crippen LogP contribution < -0.4 is 0 Å². The molecule has 20 heavy (non-hydrogen) atoms. The van der Waals surface area contributed by atoms with Gasteiger partial charge in [0.1, 0.15) is 0 Å². The van der Waals surface area contributed by atoms with E-state index < -0.39 is 0 Å². The summed E-state index contributed by atoms with van der Waals surface area (Å²) in [7, 11) is 0. The fourth-order valence-electron chi connectivity index (χ4n) is 2.04. The monoisotopic (exact) mass is 280 g/mol. The molecule has 0 aliphatic carbocycles.